The molecule has 0 bridgehead atoms. The van der Waals surface area contributed by atoms with Gasteiger partial charge in [0.2, 0.25) is 5.88 Å². The van der Waals surface area contributed by atoms with E-state index in [1.54, 1.807) is 7.11 Å². The number of rotatable bonds is 6. The second kappa shape index (κ2) is 11.9. The molecular weight excluding hydrogens is 447 g/mol. The first-order valence-electron chi connectivity index (χ1n) is 8.87. The predicted molar refractivity (Wildman–Crippen MR) is 112 cm³/mol. The van der Waals surface area contributed by atoms with Crippen LogP contribution in [0.4, 0.5) is 0 Å². The average molecular weight is 476 g/mol. The first-order chi connectivity index (χ1) is 12.2. The Labute approximate surface area is 172 Å². The van der Waals surface area contributed by atoms with Crippen molar-refractivity contribution >= 4 is 35.9 Å². The molecule has 0 spiro atoms. The van der Waals surface area contributed by atoms with Gasteiger partial charge in [0.25, 0.3) is 0 Å². The molecule has 1 aliphatic rings. The van der Waals surface area contributed by atoms with E-state index in [1.807, 2.05) is 32.0 Å². The number of nitrogens with one attached hydrogen (secondary N) is 1. The third-order valence-electron chi connectivity index (χ3n) is 4.06. The fourth-order valence-corrected chi connectivity index (χ4v) is 2.86. The monoisotopic (exact) mass is 476 g/mol. The fraction of sp³-hybridized carbons (Fsp3) is 0.611. The zero-order valence-corrected chi connectivity index (χ0v) is 18.1. The molecule has 1 aromatic rings. The maximum Gasteiger partial charge on any atom is 0.310 e. The molecule has 1 fully saturated rings. The number of pyridine rings is 1. The molecule has 2 rings (SSSR count). The second-order valence-corrected chi connectivity index (χ2v) is 5.88. The summed E-state index contributed by atoms with van der Waals surface area (Å²) in [5.74, 6) is 1.18. The van der Waals surface area contributed by atoms with Crippen molar-refractivity contribution in [3.63, 3.8) is 0 Å². The number of guanidine groups is 1. The number of aromatic nitrogens is 1. The molecule has 0 radical (unpaired) electrons. The van der Waals surface area contributed by atoms with Gasteiger partial charge in [-0.25, -0.2) is 9.98 Å². The van der Waals surface area contributed by atoms with Crippen molar-refractivity contribution in [3.05, 3.63) is 23.9 Å². The zero-order valence-electron chi connectivity index (χ0n) is 15.7. The van der Waals surface area contributed by atoms with Gasteiger partial charge in [0, 0.05) is 25.7 Å². The Kier molecular flexibility index (Phi) is 10.3. The van der Waals surface area contributed by atoms with E-state index in [1.165, 1.54) is 0 Å². The molecule has 1 saturated heterocycles. The van der Waals surface area contributed by atoms with Gasteiger partial charge in [-0.3, -0.25) is 4.79 Å². The van der Waals surface area contributed by atoms with E-state index >= 15 is 0 Å². The Hall–Kier alpha value is -1.58. The lowest BCUT2D eigenvalue weighted by molar-refractivity contribution is -0.149. The molecule has 8 heteroatoms. The Morgan fingerprint density at radius 1 is 1.42 bits per heavy atom. The summed E-state index contributed by atoms with van der Waals surface area (Å²) >= 11 is 0. The molecule has 7 nitrogen and oxygen atoms in total. The van der Waals surface area contributed by atoms with E-state index < -0.39 is 0 Å². The number of ether oxygens (including phenoxy) is 2. The lowest BCUT2D eigenvalue weighted by atomic mass is 9.98. The smallest absolute Gasteiger partial charge is 0.310 e. The minimum atomic E-state index is -0.113. The summed E-state index contributed by atoms with van der Waals surface area (Å²) in [5, 5.41) is 3.31. The predicted octanol–water partition coefficient (Wildman–Crippen LogP) is 2.45. The first kappa shape index (κ1) is 22.5. The standard InChI is InChI=1S/C18H28N4O3.HI/c1-4-19-18(20-12-15-9-6-10-16(21-15)24-3)22-11-7-8-14(13-22)17(23)25-5-2;/h6,9-10,14H,4-5,7-8,11-13H2,1-3H3,(H,19,20);1H. The van der Waals surface area contributed by atoms with Crippen molar-refractivity contribution in [1.82, 2.24) is 15.2 Å². The van der Waals surface area contributed by atoms with E-state index in [-0.39, 0.29) is 35.9 Å². The van der Waals surface area contributed by atoms with Gasteiger partial charge < -0.3 is 19.7 Å². The molecule has 0 aromatic carbocycles. The topological polar surface area (TPSA) is 76.1 Å². The molecule has 1 N–H and O–H groups in total. The minimum Gasteiger partial charge on any atom is -0.481 e. The Bertz CT molecular complexity index is 598. The van der Waals surface area contributed by atoms with Crippen molar-refractivity contribution < 1.29 is 14.3 Å². The van der Waals surface area contributed by atoms with Crippen LogP contribution in [0.5, 0.6) is 5.88 Å². The highest BCUT2D eigenvalue weighted by atomic mass is 127. The number of aliphatic imine (C=N–C) groups is 1. The average Bonchev–Trinajstić information content (AvgIpc) is 2.65. The van der Waals surface area contributed by atoms with Gasteiger partial charge in [0.1, 0.15) is 0 Å². The van der Waals surface area contributed by atoms with Gasteiger partial charge in [-0.2, -0.15) is 0 Å². The summed E-state index contributed by atoms with van der Waals surface area (Å²) in [7, 11) is 1.60. The summed E-state index contributed by atoms with van der Waals surface area (Å²) < 4.78 is 10.3. The number of esters is 1. The second-order valence-electron chi connectivity index (χ2n) is 5.88. The number of carbonyl (C=O) groups is 1. The van der Waals surface area contributed by atoms with E-state index in [2.05, 4.69) is 20.2 Å². The molecule has 1 unspecified atom stereocenters. The van der Waals surface area contributed by atoms with Crippen LogP contribution < -0.4 is 10.1 Å². The Morgan fingerprint density at radius 3 is 2.92 bits per heavy atom. The summed E-state index contributed by atoms with van der Waals surface area (Å²) in [6.45, 7) is 7.04. The van der Waals surface area contributed by atoms with Gasteiger partial charge in [-0.15, -0.1) is 24.0 Å². The number of methoxy groups -OCH3 is 1. The zero-order chi connectivity index (χ0) is 18.1. The summed E-state index contributed by atoms with van der Waals surface area (Å²) in [4.78, 5) is 23.2. The molecular formula is C18H29IN4O3. The lowest BCUT2D eigenvalue weighted by Crippen LogP contribution is -2.48. The number of nitrogens with zero attached hydrogens (tertiary/aromatic N) is 3. The van der Waals surface area contributed by atoms with Gasteiger partial charge in [-0.05, 0) is 32.8 Å². The number of likely N-dealkylation sites (tertiary alicyclic amines) is 1. The van der Waals surface area contributed by atoms with Crippen LogP contribution in [0, 0.1) is 5.92 Å². The number of piperidine rings is 1. The molecule has 0 aliphatic carbocycles. The third-order valence-corrected chi connectivity index (χ3v) is 4.06. The highest BCUT2D eigenvalue weighted by Gasteiger charge is 2.28. The van der Waals surface area contributed by atoms with Gasteiger partial charge in [0.15, 0.2) is 5.96 Å². The molecule has 1 aliphatic heterocycles. The highest BCUT2D eigenvalue weighted by Crippen LogP contribution is 2.18. The Morgan fingerprint density at radius 2 is 2.23 bits per heavy atom. The van der Waals surface area contributed by atoms with E-state index in [9.17, 15) is 4.79 Å². The molecule has 0 amide bonds. The lowest BCUT2D eigenvalue weighted by Gasteiger charge is -2.34. The van der Waals surface area contributed by atoms with Crippen molar-refractivity contribution in [1.29, 1.82) is 0 Å². The maximum atomic E-state index is 12.0. The van der Waals surface area contributed by atoms with E-state index in [0.717, 1.165) is 37.6 Å². The SMILES string of the molecule is CCNC(=NCc1cccc(OC)n1)N1CCCC(C(=O)OCC)C1.I. The van der Waals surface area contributed by atoms with Gasteiger partial charge >= 0.3 is 5.97 Å². The normalized spacial score (nSPS) is 17.3. The summed E-state index contributed by atoms with van der Waals surface area (Å²) in [6, 6.07) is 5.64. The van der Waals surface area contributed by atoms with Crippen LogP contribution in [-0.4, -0.2) is 55.2 Å². The van der Waals surface area contributed by atoms with Crippen molar-refractivity contribution in [2.24, 2.45) is 10.9 Å². The van der Waals surface area contributed by atoms with Crippen LogP contribution in [0.3, 0.4) is 0 Å². The number of hydrogen-bond donors (Lipinski definition) is 1. The van der Waals surface area contributed by atoms with Gasteiger partial charge in [-0.1, -0.05) is 6.07 Å². The molecule has 1 aromatic heterocycles. The number of hydrogen-bond acceptors (Lipinski definition) is 5. The number of halogens is 1. The maximum absolute atomic E-state index is 12.0. The quantitative estimate of drug-likeness (QED) is 0.294. The molecule has 1 atom stereocenters. The largest absolute Gasteiger partial charge is 0.481 e. The van der Waals surface area contributed by atoms with Crippen LogP contribution in [0.25, 0.3) is 0 Å². The summed E-state index contributed by atoms with van der Waals surface area (Å²) in [6.07, 6.45) is 1.82. The molecule has 26 heavy (non-hydrogen) atoms. The van der Waals surface area contributed by atoms with Crippen molar-refractivity contribution in [3.8, 4) is 5.88 Å². The van der Waals surface area contributed by atoms with Crippen LogP contribution >= 0.6 is 24.0 Å². The molecule has 0 saturated carbocycles. The van der Waals surface area contributed by atoms with Crippen LogP contribution in [-0.2, 0) is 16.1 Å². The highest BCUT2D eigenvalue weighted by molar-refractivity contribution is 14.0. The van der Waals surface area contributed by atoms with Crippen LogP contribution in [0.2, 0.25) is 0 Å². The minimum absolute atomic E-state index is 0. The third kappa shape index (κ3) is 6.62. The number of carbonyl (C=O) groups excluding carboxylic acids is 1. The van der Waals surface area contributed by atoms with Gasteiger partial charge in [0.05, 0.1) is 31.9 Å². The first-order valence-corrected chi connectivity index (χ1v) is 8.87. The molecule has 146 valence electrons. The van der Waals surface area contributed by atoms with Crippen LogP contribution in [0.1, 0.15) is 32.4 Å². The van der Waals surface area contributed by atoms with Crippen molar-refractivity contribution in [2.75, 3.05) is 33.4 Å². The van der Waals surface area contributed by atoms with E-state index in [4.69, 9.17) is 9.47 Å². The molecule has 2 heterocycles. The van der Waals surface area contributed by atoms with Crippen LogP contribution in [0.15, 0.2) is 23.2 Å². The van der Waals surface area contributed by atoms with E-state index in [0.29, 0.717) is 25.6 Å². The fourth-order valence-electron chi connectivity index (χ4n) is 2.86. The summed E-state index contributed by atoms with van der Waals surface area (Å²) in [5.41, 5.74) is 0.841. The Balaban J connectivity index is 0.00000338. The van der Waals surface area contributed by atoms with Crippen molar-refractivity contribution in [2.45, 2.75) is 33.2 Å².